The fraction of sp³-hybridized carbons (Fsp3) is 0.300. The van der Waals surface area contributed by atoms with Crippen LogP contribution in [-0.4, -0.2) is 25.0 Å². The molecule has 0 bridgehead atoms. The topological polar surface area (TPSA) is 67.4 Å². The molecule has 2 amide bonds. The first-order valence-corrected chi connectivity index (χ1v) is 8.73. The monoisotopic (exact) mass is 374 g/mol. The van der Waals surface area contributed by atoms with Crippen molar-refractivity contribution in [3.63, 3.8) is 0 Å². The minimum Gasteiger partial charge on any atom is -0.380 e. The van der Waals surface area contributed by atoms with Gasteiger partial charge in [-0.2, -0.15) is 0 Å². The van der Waals surface area contributed by atoms with Crippen LogP contribution in [0.4, 0.5) is 5.69 Å². The summed E-state index contributed by atoms with van der Waals surface area (Å²) in [5.41, 5.74) is 2.07. The van der Waals surface area contributed by atoms with Crippen LogP contribution in [-0.2, 0) is 16.1 Å². The largest absolute Gasteiger partial charge is 0.380 e. The maximum Gasteiger partial charge on any atom is 0.251 e. The Labute approximate surface area is 158 Å². The van der Waals surface area contributed by atoms with Gasteiger partial charge < -0.3 is 15.4 Å². The molecule has 26 heavy (non-hydrogen) atoms. The number of methoxy groups -OCH3 is 1. The van der Waals surface area contributed by atoms with E-state index in [9.17, 15) is 9.59 Å². The SMILES string of the molecule is COCc1cccc(NC(=O)C(NC(=O)c2ccc(Cl)cc2)C(C)C)c1. The summed E-state index contributed by atoms with van der Waals surface area (Å²) < 4.78 is 5.10. The Morgan fingerprint density at radius 3 is 2.42 bits per heavy atom. The summed E-state index contributed by atoms with van der Waals surface area (Å²) in [5, 5.41) is 6.20. The molecule has 5 nitrogen and oxygen atoms in total. The molecular formula is C20H23ClN2O3. The van der Waals surface area contributed by atoms with E-state index >= 15 is 0 Å². The summed E-state index contributed by atoms with van der Waals surface area (Å²) in [6, 6.07) is 13.3. The van der Waals surface area contributed by atoms with Gasteiger partial charge >= 0.3 is 0 Å². The quantitative estimate of drug-likeness (QED) is 0.772. The van der Waals surface area contributed by atoms with Crippen molar-refractivity contribution in [3.8, 4) is 0 Å². The minimum absolute atomic E-state index is 0.0755. The Bertz CT molecular complexity index is 760. The van der Waals surface area contributed by atoms with E-state index in [4.69, 9.17) is 16.3 Å². The number of hydrogen-bond acceptors (Lipinski definition) is 3. The Morgan fingerprint density at radius 2 is 1.81 bits per heavy atom. The lowest BCUT2D eigenvalue weighted by atomic mass is 10.0. The maximum atomic E-state index is 12.7. The molecule has 0 heterocycles. The Morgan fingerprint density at radius 1 is 1.12 bits per heavy atom. The van der Waals surface area contributed by atoms with Gasteiger partial charge in [0, 0.05) is 23.4 Å². The summed E-state index contributed by atoms with van der Waals surface area (Å²) in [6.45, 7) is 4.23. The smallest absolute Gasteiger partial charge is 0.251 e. The molecular weight excluding hydrogens is 352 g/mol. The molecule has 0 saturated carbocycles. The van der Waals surface area contributed by atoms with Crippen LogP contribution in [0.3, 0.4) is 0 Å². The standard InChI is InChI=1S/C20H23ClN2O3/c1-13(2)18(23-19(24)15-7-9-16(21)10-8-15)20(25)22-17-6-4-5-14(11-17)12-26-3/h4-11,13,18H,12H2,1-3H3,(H,22,25)(H,23,24). The van der Waals surface area contributed by atoms with Crippen LogP contribution in [0.2, 0.25) is 5.02 Å². The molecule has 0 aromatic heterocycles. The summed E-state index contributed by atoms with van der Waals surface area (Å²) in [4.78, 5) is 25.1. The van der Waals surface area contributed by atoms with Gasteiger partial charge in [-0.15, -0.1) is 0 Å². The molecule has 0 aliphatic heterocycles. The number of carbonyl (C=O) groups is 2. The Hall–Kier alpha value is -2.37. The second-order valence-electron chi connectivity index (χ2n) is 6.32. The third-order valence-electron chi connectivity index (χ3n) is 3.85. The van der Waals surface area contributed by atoms with Crippen molar-refractivity contribution in [2.75, 3.05) is 12.4 Å². The summed E-state index contributed by atoms with van der Waals surface area (Å²) in [7, 11) is 1.62. The van der Waals surface area contributed by atoms with Crippen molar-refractivity contribution in [3.05, 3.63) is 64.7 Å². The van der Waals surface area contributed by atoms with E-state index in [-0.39, 0.29) is 17.7 Å². The number of anilines is 1. The number of rotatable bonds is 7. The third kappa shape index (κ3) is 5.58. The van der Waals surface area contributed by atoms with Gasteiger partial charge in [0.1, 0.15) is 6.04 Å². The number of hydrogen-bond donors (Lipinski definition) is 2. The first-order valence-electron chi connectivity index (χ1n) is 8.36. The van der Waals surface area contributed by atoms with Crippen molar-refractivity contribution >= 4 is 29.1 Å². The third-order valence-corrected chi connectivity index (χ3v) is 4.10. The highest BCUT2D eigenvalue weighted by Gasteiger charge is 2.24. The molecule has 0 aliphatic rings. The van der Waals surface area contributed by atoms with E-state index < -0.39 is 6.04 Å². The highest BCUT2D eigenvalue weighted by atomic mass is 35.5. The van der Waals surface area contributed by atoms with Crippen LogP contribution in [0.25, 0.3) is 0 Å². The maximum absolute atomic E-state index is 12.7. The number of nitrogens with one attached hydrogen (secondary N) is 2. The number of halogens is 1. The zero-order valence-corrected chi connectivity index (χ0v) is 15.8. The van der Waals surface area contributed by atoms with Crippen molar-refractivity contribution in [1.82, 2.24) is 5.32 Å². The number of ether oxygens (including phenoxy) is 1. The van der Waals surface area contributed by atoms with E-state index in [0.29, 0.717) is 22.9 Å². The Kier molecular flexibility index (Phi) is 7.18. The lowest BCUT2D eigenvalue weighted by Gasteiger charge is -2.22. The molecule has 0 spiro atoms. The summed E-state index contributed by atoms with van der Waals surface area (Å²) in [6.07, 6.45) is 0. The number of amides is 2. The van der Waals surface area contributed by atoms with Crippen molar-refractivity contribution < 1.29 is 14.3 Å². The summed E-state index contributed by atoms with van der Waals surface area (Å²) in [5.74, 6) is -0.658. The van der Waals surface area contributed by atoms with Crippen LogP contribution in [0.1, 0.15) is 29.8 Å². The normalized spacial score (nSPS) is 11.9. The van der Waals surface area contributed by atoms with Gasteiger partial charge in [-0.3, -0.25) is 9.59 Å². The molecule has 0 fully saturated rings. The lowest BCUT2D eigenvalue weighted by molar-refractivity contribution is -0.118. The average molecular weight is 375 g/mol. The van der Waals surface area contributed by atoms with Gasteiger partial charge in [0.25, 0.3) is 5.91 Å². The molecule has 6 heteroatoms. The van der Waals surface area contributed by atoms with Gasteiger partial charge in [-0.1, -0.05) is 37.6 Å². The van der Waals surface area contributed by atoms with Gasteiger partial charge in [0.05, 0.1) is 6.61 Å². The van der Waals surface area contributed by atoms with Gasteiger partial charge in [0.2, 0.25) is 5.91 Å². The van der Waals surface area contributed by atoms with Gasteiger partial charge in [-0.25, -0.2) is 0 Å². The van der Waals surface area contributed by atoms with E-state index in [1.165, 1.54) is 0 Å². The molecule has 2 rings (SSSR count). The molecule has 0 saturated heterocycles. The lowest BCUT2D eigenvalue weighted by Crippen LogP contribution is -2.47. The molecule has 138 valence electrons. The highest BCUT2D eigenvalue weighted by Crippen LogP contribution is 2.14. The second kappa shape index (κ2) is 9.36. The predicted octanol–water partition coefficient (Wildman–Crippen LogP) is 3.88. The van der Waals surface area contributed by atoms with Crippen molar-refractivity contribution in [2.45, 2.75) is 26.5 Å². The second-order valence-corrected chi connectivity index (χ2v) is 6.76. The van der Waals surface area contributed by atoms with Crippen molar-refractivity contribution in [2.24, 2.45) is 5.92 Å². The molecule has 1 atom stereocenters. The van der Waals surface area contributed by atoms with Gasteiger partial charge in [-0.05, 0) is 47.9 Å². The van der Waals surface area contributed by atoms with Crippen LogP contribution >= 0.6 is 11.6 Å². The molecule has 1 unspecified atom stereocenters. The molecule has 2 aromatic carbocycles. The molecule has 2 aromatic rings. The zero-order chi connectivity index (χ0) is 19.1. The van der Waals surface area contributed by atoms with E-state index in [2.05, 4.69) is 10.6 Å². The first kappa shape index (κ1) is 19.9. The van der Waals surface area contributed by atoms with Crippen LogP contribution in [0, 0.1) is 5.92 Å². The molecule has 0 radical (unpaired) electrons. The van der Waals surface area contributed by atoms with E-state index in [0.717, 1.165) is 5.56 Å². The van der Waals surface area contributed by atoms with Crippen LogP contribution in [0.15, 0.2) is 48.5 Å². The van der Waals surface area contributed by atoms with Gasteiger partial charge in [0.15, 0.2) is 0 Å². The predicted molar refractivity (Wildman–Crippen MR) is 103 cm³/mol. The highest BCUT2D eigenvalue weighted by molar-refractivity contribution is 6.30. The molecule has 2 N–H and O–H groups in total. The van der Waals surface area contributed by atoms with Crippen molar-refractivity contribution in [1.29, 1.82) is 0 Å². The van der Waals surface area contributed by atoms with Crippen LogP contribution < -0.4 is 10.6 Å². The van der Waals surface area contributed by atoms with E-state index in [1.807, 2.05) is 32.0 Å². The number of benzene rings is 2. The minimum atomic E-state index is -0.663. The fourth-order valence-electron chi connectivity index (χ4n) is 2.49. The Balaban J connectivity index is 2.08. The average Bonchev–Trinajstić information content (AvgIpc) is 2.60. The summed E-state index contributed by atoms with van der Waals surface area (Å²) >= 11 is 5.84. The fourth-order valence-corrected chi connectivity index (χ4v) is 2.61. The first-order chi connectivity index (χ1) is 12.4. The zero-order valence-electron chi connectivity index (χ0n) is 15.1. The number of carbonyl (C=O) groups excluding carboxylic acids is 2. The van der Waals surface area contributed by atoms with E-state index in [1.54, 1.807) is 37.4 Å². The van der Waals surface area contributed by atoms with Crippen LogP contribution in [0.5, 0.6) is 0 Å². The molecule has 0 aliphatic carbocycles.